The van der Waals surface area contributed by atoms with Crippen LogP contribution in [0.4, 0.5) is 0 Å². The van der Waals surface area contributed by atoms with Gasteiger partial charge in [0.15, 0.2) is 9.84 Å². The SMILES string of the molecule is Cc1cc(Cl)cc(Sc2ccc(C#N)cc2CN2CCS(=O)(=O)CC2)c1. The normalized spacial score (nSPS) is 17.0. The van der Waals surface area contributed by atoms with E-state index in [1.54, 1.807) is 11.8 Å². The highest BCUT2D eigenvalue weighted by molar-refractivity contribution is 7.99. The number of hydrogen-bond acceptors (Lipinski definition) is 5. The summed E-state index contributed by atoms with van der Waals surface area (Å²) >= 11 is 7.78. The Labute approximate surface area is 163 Å². The molecule has 1 saturated heterocycles. The number of halogens is 1. The van der Waals surface area contributed by atoms with E-state index in [9.17, 15) is 13.7 Å². The number of nitriles is 1. The number of sulfone groups is 1. The van der Waals surface area contributed by atoms with Crippen LogP contribution in [0, 0.1) is 18.3 Å². The van der Waals surface area contributed by atoms with Crippen molar-refractivity contribution >= 4 is 33.2 Å². The first-order valence-electron chi connectivity index (χ1n) is 8.25. The average Bonchev–Trinajstić information content (AvgIpc) is 2.57. The molecule has 0 N–H and O–H groups in total. The fraction of sp³-hybridized carbons (Fsp3) is 0.316. The van der Waals surface area contributed by atoms with Crippen molar-refractivity contribution in [3.63, 3.8) is 0 Å². The molecule has 0 spiro atoms. The van der Waals surface area contributed by atoms with Gasteiger partial charge in [-0.3, -0.25) is 4.90 Å². The van der Waals surface area contributed by atoms with Crippen molar-refractivity contribution in [2.75, 3.05) is 24.6 Å². The summed E-state index contributed by atoms with van der Waals surface area (Å²) in [5.41, 5.74) is 2.73. The smallest absolute Gasteiger partial charge is 0.152 e. The third kappa shape index (κ3) is 5.01. The first-order chi connectivity index (χ1) is 12.3. The molecule has 0 radical (unpaired) electrons. The van der Waals surface area contributed by atoms with Crippen LogP contribution in [0.15, 0.2) is 46.2 Å². The summed E-state index contributed by atoms with van der Waals surface area (Å²) in [4.78, 5) is 4.23. The van der Waals surface area contributed by atoms with Gasteiger partial charge in [0.25, 0.3) is 0 Å². The first-order valence-corrected chi connectivity index (χ1v) is 11.3. The van der Waals surface area contributed by atoms with Gasteiger partial charge < -0.3 is 0 Å². The lowest BCUT2D eigenvalue weighted by Crippen LogP contribution is -2.39. The van der Waals surface area contributed by atoms with Gasteiger partial charge in [0.05, 0.1) is 23.1 Å². The van der Waals surface area contributed by atoms with Crippen LogP contribution in [0.25, 0.3) is 0 Å². The van der Waals surface area contributed by atoms with Gasteiger partial charge in [0.2, 0.25) is 0 Å². The summed E-state index contributed by atoms with van der Waals surface area (Å²) in [6.07, 6.45) is 0. The minimum absolute atomic E-state index is 0.195. The van der Waals surface area contributed by atoms with Gasteiger partial charge >= 0.3 is 0 Å². The molecule has 0 aromatic heterocycles. The zero-order valence-corrected chi connectivity index (χ0v) is 16.8. The maximum atomic E-state index is 11.6. The fourth-order valence-electron chi connectivity index (χ4n) is 2.91. The molecule has 3 rings (SSSR count). The fourth-order valence-corrected chi connectivity index (χ4v) is 5.62. The lowest BCUT2D eigenvalue weighted by Gasteiger charge is -2.27. The van der Waals surface area contributed by atoms with E-state index >= 15 is 0 Å². The Morgan fingerprint density at radius 2 is 1.92 bits per heavy atom. The highest BCUT2D eigenvalue weighted by atomic mass is 35.5. The molecule has 1 aliphatic rings. The second-order valence-corrected chi connectivity index (χ2v) is 10.3. The van der Waals surface area contributed by atoms with E-state index in [4.69, 9.17) is 11.6 Å². The van der Waals surface area contributed by atoms with E-state index in [0.29, 0.717) is 30.2 Å². The first kappa shape index (κ1) is 19.2. The summed E-state index contributed by atoms with van der Waals surface area (Å²) < 4.78 is 23.3. The highest BCUT2D eigenvalue weighted by Gasteiger charge is 2.22. The maximum Gasteiger partial charge on any atom is 0.152 e. The van der Waals surface area contributed by atoms with Crippen LogP contribution in [-0.2, 0) is 16.4 Å². The standard InChI is InChI=1S/C19H19ClN2O2S2/c1-14-8-17(20)11-18(9-14)25-19-3-2-15(12-21)10-16(19)13-22-4-6-26(23,24)7-5-22/h2-3,8-11H,4-7,13H2,1H3. The molecular formula is C19H19ClN2O2S2. The van der Waals surface area contributed by atoms with Crippen LogP contribution in [0.5, 0.6) is 0 Å². The summed E-state index contributed by atoms with van der Waals surface area (Å²) in [5.74, 6) is 0.391. The predicted molar refractivity (Wildman–Crippen MR) is 105 cm³/mol. The van der Waals surface area contributed by atoms with Gasteiger partial charge in [-0.2, -0.15) is 5.26 Å². The zero-order valence-electron chi connectivity index (χ0n) is 14.4. The van der Waals surface area contributed by atoms with Crippen molar-refractivity contribution in [1.29, 1.82) is 5.26 Å². The molecule has 0 unspecified atom stereocenters. The van der Waals surface area contributed by atoms with Crippen LogP contribution in [0.1, 0.15) is 16.7 Å². The van der Waals surface area contributed by atoms with Crippen molar-refractivity contribution in [2.24, 2.45) is 0 Å². The molecule has 1 aliphatic heterocycles. The van der Waals surface area contributed by atoms with Crippen LogP contribution < -0.4 is 0 Å². The molecule has 26 heavy (non-hydrogen) atoms. The lowest BCUT2D eigenvalue weighted by atomic mass is 10.1. The van der Waals surface area contributed by atoms with Crippen LogP contribution >= 0.6 is 23.4 Å². The predicted octanol–water partition coefficient (Wildman–Crippen LogP) is 3.90. The minimum Gasteiger partial charge on any atom is -0.297 e. The Bertz CT molecular complexity index is 934. The largest absolute Gasteiger partial charge is 0.297 e. The van der Waals surface area contributed by atoms with Gasteiger partial charge in [-0.15, -0.1) is 0 Å². The maximum absolute atomic E-state index is 11.6. The Kier molecular flexibility index (Phi) is 5.93. The van der Waals surface area contributed by atoms with Gasteiger partial charge in [-0.05, 0) is 54.4 Å². The van der Waals surface area contributed by atoms with Crippen LogP contribution in [0.2, 0.25) is 5.02 Å². The number of benzene rings is 2. The molecule has 1 fully saturated rings. The van der Waals surface area contributed by atoms with Crippen molar-refractivity contribution in [3.05, 3.63) is 58.1 Å². The van der Waals surface area contributed by atoms with Gasteiger partial charge in [0, 0.05) is 34.4 Å². The van der Waals surface area contributed by atoms with Crippen molar-refractivity contribution in [1.82, 2.24) is 4.90 Å². The summed E-state index contributed by atoms with van der Waals surface area (Å²) in [5, 5.41) is 9.92. The van der Waals surface area contributed by atoms with Crippen molar-refractivity contribution in [3.8, 4) is 6.07 Å². The van der Waals surface area contributed by atoms with E-state index in [0.717, 1.165) is 20.9 Å². The second-order valence-electron chi connectivity index (χ2n) is 6.43. The number of hydrogen-bond donors (Lipinski definition) is 0. The summed E-state index contributed by atoms with van der Waals surface area (Å²) in [6, 6.07) is 13.8. The molecule has 4 nitrogen and oxygen atoms in total. The number of nitrogens with zero attached hydrogens (tertiary/aromatic N) is 2. The summed E-state index contributed by atoms with van der Waals surface area (Å²) in [6.45, 7) is 3.69. The van der Waals surface area contributed by atoms with E-state index in [1.165, 1.54) is 0 Å². The topological polar surface area (TPSA) is 61.2 Å². The Morgan fingerprint density at radius 1 is 1.19 bits per heavy atom. The zero-order chi connectivity index (χ0) is 18.7. The van der Waals surface area contributed by atoms with E-state index in [1.807, 2.05) is 37.3 Å². The molecule has 0 bridgehead atoms. The molecule has 0 amide bonds. The van der Waals surface area contributed by atoms with Crippen LogP contribution in [0.3, 0.4) is 0 Å². The average molecular weight is 407 g/mol. The molecule has 7 heteroatoms. The molecule has 2 aromatic carbocycles. The van der Waals surface area contributed by atoms with Crippen molar-refractivity contribution in [2.45, 2.75) is 23.3 Å². The minimum atomic E-state index is -2.90. The number of aryl methyl sites for hydroxylation is 1. The van der Waals surface area contributed by atoms with Crippen molar-refractivity contribution < 1.29 is 8.42 Å². The lowest BCUT2D eigenvalue weighted by molar-refractivity contribution is 0.285. The second kappa shape index (κ2) is 8.01. The van der Waals surface area contributed by atoms with E-state index in [2.05, 4.69) is 17.0 Å². The van der Waals surface area contributed by atoms with E-state index < -0.39 is 9.84 Å². The molecular weight excluding hydrogens is 388 g/mol. The molecule has 0 saturated carbocycles. The van der Waals surface area contributed by atoms with Gasteiger partial charge in [-0.25, -0.2) is 8.42 Å². The van der Waals surface area contributed by atoms with Gasteiger partial charge in [0.1, 0.15) is 0 Å². The van der Waals surface area contributed by atoms with Gasteiger partial charge in [-0.1, -0.05) is 23.4 Å². The van der Waals surface area contributed by atoms with E-state index in [-0.39, 0.29) is 11.5 Å². The Balaban J connectivity index is 1.85. The Morgan fingerprint density at radius 3 is 2.58 bits per heavy atom. The third-order valence-corrected chi connectivity index (χ3v) is 7.18. The van der Waals surface area contributed by atoms with Crippen LogP contribution in [-0.4, -0.2) is 37.9 Å². The molecule has 1 heterocycles. The quantitative estimate of drug-likeness (QED) is 0.770. The summed E-state index contributed by atoms with van der Waals surface area (Å²) in [7, 11) is -2.90. The number of rotatable bonds is 4. The molecule has 2 aromatic rings. The Hall–Kier alpha value is -1.52. The monoisotopic (exact) mass is 406 g/mol. The molecule has 0 aliphatic carbocycles. The highest BCUT2D eigenvalue weighted by Crippen LogP contribution is 2.34. The molecule has 0 atom stereocenters. The third-order valence-electron chi connectivity index (χ3n) is 4.26. The molecule has 136 valence electrons.